The molecular weight excluding hydrogens is 540 g/mol. The molecule has 19 heteroatoms. The third-order valence-electron chi connectivity index (χ3n) is 7.02. The van der Waals surface area contributed by atoms with Gasteiger partial charge in [0, 0.05) is 18.0 Å². The molecule has 1 heterocycles. The van der Waals surface area contributed by atoms with Gasteiger partial charge in [0.25, 0.3) is 0 Å². The van der Waals surface area contributed by atoms with E-state index in [9.17, 15) is 35.7 Å². The first-order valence-corrected chi connectivity index (χ1v) is 13.2. The van der Waals surface area contributed by atoms with Crippen molar-refractivity contribution in [3.8, 4) is 0 Å². The minimum Gasteiger partial charge on any atom is -0.394 e. The van der Waals surface area contributed by atoms with Gasteiger partial charge in [0.05, 0.1) is 24.9 Å². The van der Waals surface area contributed by atoms with Gasteiger partial charge in [0.2, 0.25) is 0 Å². The van der Waals surface area contributed by atoms with Crippen LogP contribution in [0.15, 0.2) is 0 Å². The molecule has 17 N–H and O–H groups in total. The predicted octanol–water partition coefficient (Wildman–Crippen LogP) is -7.28. The Labute approximate surface area is 218 Å². The van der Waals surface area contributed by atoms with Crippen LogP contribution in [-0.2, 0) is 24.6 Å². The Kier molecular flexibility index (Phi) is 12.2. The molecule has 3 rings (SSSR count). The Balaban J connectivity index is 0.000000926. The van der Waals surface area contributed by atoms with Gasteiger partial charge in [-0.1, -0.05) is 0 Å². The molecule has 0 spiro atoms. The van der Waals surface area contributed by atoms with Crippen LogP contribution in [-0.4, -0.2) is 152 Å². The maximum Gasteiger partial charge on any atom is 0.394 e. The SMILES string of the molecule is NC[C@H]1C[C@H](O[C@H]2[C@H](O)[C@@H](O[C@H]3O[C@H](CO)[C@@H](O)[C@H](N)[C@H]3O)[C@H](N)C[C@@H]2N)[C@H](O)[C@@H](O)[C@@H]1O.O=S(=O)(O)O. The average Bonchev–Trinajstić information content (AvgIpc) is 2.83. The smallest absolute Gasteiger partial charge is 0.394 e. The Morgan fingerprint density at radius 3 is 1.79 bits per heavy atom. The van der Waals surface area contributed by atoms with Gasteiger partial charge in [0.15, 0.2) is 6.29 Å². The lowest BCUT2D eigenvalue weighted by atomic mass is 9.79. The first-order chi connectivity index (χ1) is 17.5. The molecule has 2 saturated carbocycles. The van der Waals surface area contributed by atoms with Crippen LogP contribution >= 0.6 is 0 Å². The van der Waals surface area contributed by atoms with Gasteiger partial charge in [-0.2, -0.15) is 8.42 Å². The molecule has 0 radical (unpaired) electrons. The summed E-state index contributed by atoms with van der Waals surface area (Å²) in [4.78, 5) is 0. The molecule has 0 aromatic heterocycles. The lowest BCUT2D eigenvalue weighted by Gasteiger charge is -2.48. The van der Waals surface area contributed by atoms with Gasteiger partial charge >= 0.3 is 10.4 Å². The molecular formula is C19H40N4O14S. The van der Waals surface area contributed by atoms with E-state index in [2.05, 4.69) is 0 Å². The van der Waals surface area contributed by atoms with Crippen LogP contribution in [0.25, 0.3) is 0 Å². The number of hydrogen-bond acceptors (Lipinski definition) is 16. The second-order valence-corrected chi connectivity index (χ2v) is 10.6. The van der Waals surface area contributed by atoms with E-state index in [1.54, 1.807) is 0 Å². The lowest BCUT2D eigenvalue weighted by Crippen LogP contribution is -2.68. The van der Waals surface area contributed by atoms with Crippen LogP contribution in [0.5, 0.6) is 0 Å². The van der Waals surface area contributed by atoms with E-state index in [-0.39, 0.29) is 19.4 Å². The molecule has 0 bridgehead atoms. The first-order valence-electron chi connectivity index (χ1n) is 11.8. The van der Waals surface area contributed by atoms with Crippen LogP contribution in [0.2, 0.25) is 0 Å². The number of ether oxygens (including phenoxy) is 3. The van der Waals surface area contributed by atoms with E-state index >= 15 is 0 Å². The normalized spacial score (nSPS) is 48.2. The molecule has 0 aromatic rings. The molecule has 15 atom stereocenters. The van der Waals surface area contributed by atoms with Crippen molar-refractivity contribution in [1.82, 2.24) is 0 Å². The highest BCUT2D eigenvalue weighted by atomic mass is 32.3. The maximum absolute atomic E-state index is 11.0. The predicted molar refractivity (Wildman–Crippen MR) is 125 cm³/mol. The molecule has 1 aliphatic heterocycles. The van der Waals surface area contributed by atoms with Crippen molar-refractivity contribution >= 4 is 10.4 Å². The third-order valence-corrected chi connectivity index (χ3v) is 7.02. The van der Waals surface area contributed by atoms with E-state index in [1.165, 1.54) is 0 Å². The number of hydrogen-bond donors (Lipinski definition) is 13. The van der Waals surface area contributed by atoms with E-state index < -0.39 is 108 Å². The summed E-state index contributed by atoms with van der Waals surface area (Å²) in [6, 6.07) is -2.72. The van der Waals surface area contributed by atoms with Crippen molar-refractivity contribution in [3.63, 3.8) is 0 Å². The van der Waals surface area contributed by atoms with Gasteiger partial charge in [-0.05, 0) is 19.4 Å². The highest BCUT2D eigenvalue weighted by molar-refractivity contribution is 7.79. The maximum atomic E-state index is 11.0. The molecule has 3 fully saturated rings. The monoisotopic (exact) mass is 580 g/mol. The fraction of sp³-hybridized carbons (Fsp3) is 1.00. The van der Waals surface area contributed by atoms with Crippen molar-refractivity contribution in [3.05, 3.63) is 0 Å². The zero-order chi connectivity index (χ0) is 29.1. The van der Waals surface area contributed by atoms with Gasteiger partial charge in [-0.3, -0.25) is 9.11 Å². The molecule has 38 heavy (non-hydrogen) atoms. The summed E-state index contributed by atoms with van der Waals surface area (Å²) < 4.78 is 48.6. The molecule has 2 aliphatic carbocycles. The number of nitrogens with two attached hydrogens (primary N) is 4. The number of aliphatic hydroxyl groups excluding tert-OH is 7. The highest BCUT2D eigenvalue weighted by Gasteiger charge is 2.51. The summed E-state index contributed by atoms with van der Waals surface area (Å²) in [6.07, 6.45) is -13.8. The molecule has 0 amide bonds. The molecule has 3 aliphatic rings. The van der Waals surface area contributed by atoms with Crippen LogP contribution < -0.4 is 22.9 Å². The van der Waals surface area contributed by atoms with Crippen molar-refractivity contribution in [2.24, 2.45) is 28.9 Å². The van der Waals surface area contributed by atoms with Crippen LogP contribution in [0.4, 0.5) is 0 Å². The summed E-state index contributed by atoms with van der Waals surface area (Å²) in [5, 5.41) is 71.3. The first kappa shape index (κ1) is 33.5. The standard InChI is InChI=1S/C19H38N4O10.H2O4S/c20-3-5-1-8(13(27)15(29)11(5)25)31-17-6(21)2-7(22)18(16(17)30)33-19-14(28)10(23)12(26)9(4-24)32-19;1-5(2,3)4/h5-19,24-30H,1-4,20-23H2;(H2,1,2,3,4)/t5-,6+,7-,8+,9-,10+,11-,12-,13+,14-,15+,16+,17-,18+,19-;/m1./s1. The van der Waals surface area contributed by atoms with Crippen LogP contribution in [0.1, 0.15) is 12.8 Å². The second-order valence-electron chi connectivity index (χ2n) is 9.73. The average molecular weight is 581 g/mol. The Morgan fingerprint density at radius 2 is 1.29 bits per heavy atom. The zero-order valence-corrected chi connectivity index (χ0v) is 21.1. The quantitative estimate of drug-likeness (QED) is 0.130. The fourth-order valence-electron chi connectivity index (χ4n) is 4.87. The minimum absolute atomic E-state index is 0.0513. The topological polar surface area (TPSA) is 348 Å². The van der Waals surface area contributed by atoms with E-state index in [1.807, 2.05) is 0 Å². The van der Waals surface area contributed by atoms with E-state index in [0.717, 1.165) is 0 Å². The largest absolute Gasteiger partial charge is 0.394 e. The number of rotatable bonds is 6. The Hall–Kier alpha value is -0.690. The molecule has 226 valence electrons. The zero-order valence-electron chi connectivity index (χ0n) is 20.3. The third kappa shape index (κ3) is 8.17. The van der Waals surface area contributed by atoms with E-state index in [4.69, 9.17) is 54.7 Å². The summed E-state index contributed by atoms with van der Waals surface area (Å²) in [6.45, 7) is -0.525. The van der Waals surface area contributed by atoms with Crippen molar-refractivity contribution in [2.45, 2.75) is 98.3 Å². The molecule has 0 unspecified atom stereocenters. The fourth-order valence-corrected chi connectivity index (χ4v) is 4.87. The van der Waals surface area contributed by atoms with Crippen molar-refractivity contribution in [2.75, 3.05) is 13.2 Å². The minimum atomic E-state index is -4.67. The van der Waals surface area contributed by atoms with Crippen molar-refractivity contribution in [1.29, 1.82) is 0 Å². The van der Waals surface area contributed by atoms with Gasteiger partial charge in [-0.25, -0.2) is 0 Å². The van der Waals surface area contributed by atoms with Crippen LogP contribution in [0, 0.1) is 5.92 Å². The Morgan fingerprint density at radius 1 is 0.763 bits per heavy atom. The second kappa shape index (κ2) is 13.8. The number of aliphatic hydroxyl groups is 7. The summed E-state index contributed by atoms with van der Waals surface area (Å²) in [5.74, 6) is -0.534. The summed E-state index contributed by atoms with van der Waals surface area (Å²) >= 11 is 0. The molecule has 0 aromatic carbocycles. The molecule has 1 saturated heterocycles. The van der Waals surface area contributed by atoms with Gasteiger partial charge in [0.1, 0.15) is 48.8 Å². The lowest BCUT2D eigenvalue weighted by molar-refractivity contribution is -0.308. The van der Waals surface area contributed by atoms with Gasteiger partial charge < -0.3 is 72.9 Å². The summed E-state index contributed by atoms with van der Waals surface area (Å²) in [7, 11) is -4.67. The Bertz CT molecular complexity index is 782. The molecule has 18 nitrogen and oxygen atoms in total. The van der Waals surface area contributed by atoms with Crippen LogP contribution in [0.3, 0.4) is 0 Å². The van der Waals surface area contributed by atoms with Crippen molar-refractivity contribution < 1.29 is 67.5 Å². The summed E-state index contributed by atoms with van der Waals surface area (Å²) in [5.41, 5.74) is 23.7. The highest BCUT2D eigenvalue weighted by Crippen LogP contribution is 2.33. The van der Waals surface area contributed by atoms with E-state index in [0.29, 0.717) is 0 Å². The van der Waals surface area contributed by atoms with Gasteiger partial charge in [-0.15, -0.1) is 0 Å².